The van der Waals surface area contributed by atoms with Gasteiger partial charge in [0.1, 0.15) is 5.69 Å². The number of carbonyl (C=O) groups is 2. The third-order valence-corrected chi connectivity index (χ3v) is 3.38. The standard InChI is InChI=1S/C17H20N2O3/c1-5-6-18-16(20)12(4)22-17(21)15-9-13-11(3)7-10(2)8-14(13)19-15/h5,7-9,12,19H,1,6H2,2-4H3,(H,18,20). The fraction of sp³-hybridized carbons (Fsp3) is 0.294. The van der Waals surface area contributed by atoms with Gasteiger partial charge in [0.2, 0.25) is 0 Å². The van der Waals surface area contributed by atoms with Crippen LogP contribution in [0.4, 0.5) is 0 Å². The quantitative estimate of drug-likeness (QED) is 0.658. The number of rotatable bonds is 5. The molecule has 1 heterocycles. The van der Waals surface area contributed by atoms with E-state index in [2.05, 4.69) is 22.9 Å². The van der Waals surface area contributed by atoms with Gasteiger partial charge >= 0.3 is 5.97 Å². The highest BCUT2D eigenvalue weighted by molar-refractivity contribution is 5.97. The molecular weight excluding hydrogens is 280 g/mol. The molecule has 2 rings (SSSR count). The van der Waals surface area contributed by atoms with Gasteiger partial charge in [0.05, 0.1) is 0 Å². The molecule has 0 spiro atoms. The molecule has 0 bridgehead atoms. The van der Waals surface area contributed by atoms with E-state index in [-0.39, 0.29) is 5.91 Å². The Hall–Kier alpha value is -2.56. The third kappa shape index (κ3) is 3.36. The van der Waals surface area contributed by atoms with E-state index in [4.69, 9.17) is 4.74 Å². The van der Waals surface area contributed by atoms with Crippen molar-refractivity contribution in [3.05, 3.63) is 47.7 Å². The van der Waals surface area contributed by atoms with E-state index in [0.717, 1.165) is 22.0 Å². The lowest BCUT2D eigenvalue weighted by Crippen LogP contribution is -2.35. The number of amides is 1. The summed E-state index contributed by atoms with van der Waals surface area (Å²) in [5.74, 6) is -0.897. The Morgan fingerprint density at radius 2 is 2.09 bits per heavy atom. The highest BCUT2D eigenvalue weighted by Crippen LogP contribution is 2.22. The number of aryl methyl sites for hydroxylation is 2. The van der Waals surface area contributed by atoms with E-state index < -0.39 is 12.1 Å². The minimum atomic E-state index is -0.860. The minimum Gasteiger partial charge on any atom is -0.448 e. The van der Waals surface area contributed by atoms with Gasteiger partial charge in [-0.2, -0.15) is 0 Å². The van der Waals surface area contributed by atoms with Gasteiger partial charge in [-0.15, -0.1) is 6.58 Å². The maximum Gasteiger partial charge on any atom is 0.355 e. The molecule has 5 nitrogen and oxygen atoms in total. The van der Waals surface area contributed by atoms with Crippen molar-refractivity contribution in [1.82, 2.24) is 10.3 Å². The van der Waals surface area contributed by atoms with E-state index in [1.54, 1.807) is 12.1 Å². The van der Waals surface area contributed by atoms with Crippen LogP contribution in [0.5, 0.6) is 0 Å². The van der Waals surface area contributed by atoms with Crippen LogP contribution in [0.2, 0.25) is 0 Å². The number of benzene rings is 1. The van der Waals surface area contributed by atoms with Crippen molar-refractivity contribution in [1.29, 1.82) is 0 Å². The van der Waals surface area contributed by atoms with E-state index in [9.17, 15) is 9.59 Å². The van der Waals surface area contributed by atoms with Crippen LogP contribution < -0.4 is 5.32 Å². The van der Waals surface area contributed by atoms with Gasteiger partial charge in [-0.25, -0.2) is 4.79 Å². The second kappa shape index (κ2) is 6.47. The summed E-state index contributed by atoms with van der Waals surface area (Å²) < 4.78 is 5.18. The maximum absolute atomic E-state index is 12.1. The van der Waals surface area contributed by atoms with Gasteiger partial charge in [0.25, 0.3) is 5.91 Å². The van der Waals surface area contributed by atoms with Crippen LogP contribution in [0.25, 0.3) is 10.9 Å². The summed E-state index contributed by atoms with van der Waals surface area (Å²) >= 11 is 0. The Balaban J connectivity index is 2.14. The van der Waals surface area contributed by atoms with E-state index in [0.29, 0.717) is 12.2 Å². The molecule has 0 saturated heterocycles. The summed E-state index contributed by atoms with van der Waals surface area (Å²) in [5, 5.41) is 3.56. The summed E-state index contributed by atoms with van der Waals surface area (Å²) in [7, 11) is 0. The fourth-order valence-electron chi connectivity index (χ4n) is 2.30. The molecule has 0 radical (unpaired) electrons. The molecular formula is C17H20N2O3. The highest BCUT2D eigenvalue weighted by Gasteiger charge is 2.20. The van der Waals surface area contributed by atoms with Crippen LogP contribution in [0.15, 0.2) is 30.9 Å². The van der Waals surface area contributed by atoms with Crippen molar-refractivity contribution in [3.63, 3.8) is 0 Å². The molecule has 2 aromatic rings. The van der Waals surface area contributed by atoms with E-state index >= 15 is 0 Å². The zero-order chi connectivity index (χ0) is 16.3. The molecule has 1 aromatic heterocycles. The molecule has 0 saturated carbocycles. The Morgan fingerprint density at radius 1 is 1.36 bits per heavy atom. The SMILES string of the molecule is C=CCNC(=O)C(C)OC(=O)c1cc2c(C)cc(C)cc2[nH]1. The number of hydrogen-bond acceptors (Lipinski definition) is 3. The largest absolute Gasteiger partial charge is 0.448 e. The van der Waals surface area contributed by atoms with Crippen LogP contribution in [-0.2, 0) is 9.53 Å². The summed E-state index contributed by atoms with van der Waals surface area (Å²) in [5.41, 5.74) is 3.42. The van der Waals surface area contributed by atoms with Gasteiger partial charge in [-0.1, -0.05) is 12.1 Å². The molecule has 0 fully saturated rings. The Kier molecular flexibility index (Phi) is 4.65. The van der Waals surface area contributed by atoms with Crippen LogP contribution >= 0.6 is 0 Å². The molecule has 0 aliphatic carbocycles. The monoisotopic (exact) mass is 300 g/mol. The van der Waals surface area contributed by atoms with Gasteiger partial charge in [0, 0.05) is 17.4 Å². The van der Waals surface area contributed by atoms with Gasteiger partial charge in [0.15, 0.2) is 6.10 Å². The smallest absolute Gasteiger partial charge is 0.355 e. The number of aromatic nitrogens is 1. The topological polar surface area (TPSA) is 71.2 Å². The third-order valence-electron chi connectivity index (χ3n) is 3.38. The predicted octanol–water partition coefficient (Wildman–Crippen LogP) is 2.63. The molecule has 0 aliphatic rings. The number of aromatic amines is 1. The number of ether oxygens (including phenoxy) is 1. The Labute approximate surface area is 129 Å². The van der Waals surface area contributed by atoms with Crippen LogP contribution in [0, 0.1) is 13.8 Å². The number of esters is 1. The van der Waals surface area contributed by atoms with Gasteiger partial charge in [-0.05, 0) is 44.0 Å². The summed E-state index contributed by atoms with van der Waals surface area (Å²) in [6.07, 6.45) is 0.705. The van der Waals surface area contributed by atoms with Crippen molar-refractivity contribution in [2.24, 2.45) is 0 Å². The first-order valence-corrected chi connectivity index (χ1v) is 7.12. The molecule has 116 valence electrons. The lowest BCUT2D eigenvalue weighted by molar-refractivity contribution is -0.128. The first-order chi connectivity index (χ1) is 10.4. The molecule has 1 aromatic carbocycles. The Morgan fingerprint density at radius 3 is 2.77 bits per heavy atom. The second-order valence-corrected chi connectivity index (χ2v) is 5.31. The summed E-state index contributed by atoms with van der Waals surface area (Å²) in [4.78, 5) is 26.9. The molecule has 5 heteroatoms. The van der Waals surface area contributed by atoms with Crippen molar-refractivity contribution in [2.75, 3.05) is 6.54 Å². The lowest BCUT2D eigenvalue weighted by Gasteiger charge is -2.11. The number of hydrogen-bond donors (Lipinski definition) is 2. The number of fused-ring (bicyclic) bond motifs is 1. The minimum absolute atomic E-state index is 0.339. The van der Waals surface area contributed by atoms with Crippen molar-refractivity contribution in [3.8, 4) is 0 Å². The lowest BCUT2D eigenvalue weighted by atomic mass is 10.1. The molecule has 22 heavy (non-hydrogen) atoms. The second-order valence-electron chi connectivity index (χ2n) is 5.31. The zero-order valence-electron chi connectivity index (χ0n) is 13.0. The maximum atomic E-state index is 12.1. The van der Waals surface area contributed by atoms with Crippen LogP contribution in [-0.4, -0.2) is 29.5 Å². The number of H-pyrrole nitrogens is 1. The molecule has 1 atom stereocenters. The molecule has 1 amide bonds. The van der Waals surface area contributed by atoms with E-state index in [1.165, 1.54) is 6.92 Å². The average Bonchev–Trinajstić information content (AvgIpc) is 2.88. The summed E-state index contributed by atoms with van der Waals surface area (Å²) in [6, 6.07) is 5.77. The van der Waals surface area contributed by atoms with Crippen molar-refractivity contribution >= 4 is 22.8 Å². The zero-order valence-corrected chi connectivity index (χ0v) is 13.0. The van der Waals surface area contributed by atoms with Crippen LogP contribution in [0.3, 0.4) is 0 Å². The number of carbonyl (C=O) groups excluding carboxylic acids is 2. The molecule has 0 aliphatic heterocycles. The molecule has 2 N–H and O–H groups in total. The Bertz CT molecular complexity index is 731. The van der Waals surface area contributed by atoms with Crippen molar-refractivity contribution in [2.45, 2.75) is 26.9 Å². The normalized spacial score (nSPS) is 12.0. The number of nitrogens with one attached hydrogen (secondary N) is 2. The van der Waals surface area contributed by atoms with Gasteiger partial charge in [-0.3, -0.25) is 4.79 Å². The average molecular weight is 300 g/mol. The first kappa shape index (κ1) is 15.8. The predicted molar refractivity (Wildman–Crippen MR) is 85.9 cm³/mol. The summed E-state index contributed by atoms with van der Waals surface area (Å²) in [6.45, 7) is 9.37. The molecule has 1 unspecified atom stereocenters. The highest BCUT2D eigenvalue weighted by atomic mass is 16.5. The van der Waals surface area contributed by atoms with Crippen LogP contribution in [0.1, 0.15) is 28.5 Å². The fourth-order valence-corrected chi connectivity index (χ4v) is 2.30. The first-order valence-electron chi connectivity index (χ1n) is 7.12. The van der Waals surface area contributed by atoms with E-state index in [1.807, 2.05) is 19.9 Å². The van der Waals surface area contributed by atoms with Crippen molar-refractivity contribution < 1.29 is 14.3 Å². The van der Waals surface area contributed by atoms with Gasteiger partial charge < -0.3 is 15.0 Å².